The smallest absolute Gasteiger partial charge is 0.393 e. The molecule has 0 aliphatic carbocycles. The zero-order valence-corrected chi connectivity index (χ0v) is 40.4. The average Bonchev–Trinajstić information content (AvgIpc) is 3.24. The molecule has 4 atom stereocenters. The number of hydrogen-bond acceptors (Lipinski definition) is 7. The maximum Gasteiger partial charge on any atom is 0.472 e. The topological polar surface area (TPSA) is 151 Å². The first-order chi connectivity index (χ1) is 29.8. The zero-order chi connectivity index (χ0) is 44.8. The molecule has 0 bridgehead atoms. The van der Waals surface area contributed by atoms with Crippen LogP contribution < -0.4 is 11.1 Å². The maximum absolute atomic E-state index is 12.9. The van der Waals surface area contributed by atoms with Gasteiger partial charge in [0.2, 0.25) is 5.91 Å². The van der Waals surface area contributed by atoms with E-state index in [1.807, 2.05) is 6.08 Å². The highest BCUT2D eigenvalue weighted by Crippen LogP contribution is 2.43. The highest BCUT2D eigenvalue weighted by Gasteiger charge is 2.27. The summed E-state index contributed by atoms with van der Waals surface area (Å²) in [6.45, 7) is 3.95. The summed E-state index contributed by atoms with van der Waals surface area (Å²) >= 11 is 0. The Kier molecular flexibility index (Phi) is 45.2. The van der Waals surface area contributed by atoms with Gasteiger partial charge >= 0.3 is 7.82 Å². The molecule has 0 aliphatic rings. The van der Waals surface area contributed by atoms with Crippen molar-refractivity contribution < 1.29 is 33.5 Å². The van der Waals surface area contributed by atoms with E-state index in [0.717, 1.165) is 57.8 Å². The number of aliphatic hydroxyl groups is 2. The molecule has 0 aromatic heterocycles. The highest BCUT2D eigenvalue weighted by molar-refractivity contribution is 7.47. The van der Waals surface area contributed by atoms with Crippen LogP contribution in [0, 0.1) is 0 Å². The third-order valence-electron chi connectivity index (χ3n) is 11.2. The highest BCUT2D eigenvalue weighted by atomic mass is 31.2. The number of amides is 1. The van der Waals surface area contributed by atoms with E-state index in [-0.39, 0.29) is 19.6 Å². The van der Waals surface area contributed by atoms with Gasteiger partial charge in [0.05, 0.1) is 37.9 Å². The molecular formula is C51H97N2O7P. The fourth-order valence-corrected chi connectivity index (χ4v) is 8.08. The molecule has 0 heterocycles. The summed E-state index contributed by atoms with van der Waals surface area (Å²) in [5.74, 6) is -0.464. The van der Waals surface area contributed by atoms with Crippen LogP contribution in [0.5, 0.6) is 0 Å². The Morgan fingerprint density at radius 2 is 0.934 bits per heavy atom. The minimum absolute atomic E-state index is 0.0404. The Hall–Kier alpha value is -1.58. The van der Waals surface area contributed by atoms with Gasteiger partial charge in [0.25, 0.3) is 0 Å². The number of rotatable bonds is 47. The van der Waals surface area contributed by atoms with E-state index in [1.54, 1.807) is 6.08 Å². The van der Waals surface area contributed by atoms with Crippen molar-refractivity contribution in [2.45, 2.75) is 250 Å². The fraction of sp³-hybridized carbons (Fsp3) is 0.824. The Labute approximate surface area is 375 Å². The Bertz CT molecular complexity index is 1110. The normalized spacial score (nSPS) is 14.8. The molecule has 61 heavy (non-hydrogen) atoms. The Morgan fingerprint density at radius 3 is 1.36 bits per heavy atom. The molecule has 6 N–H and O–H groups in total. The second-order valence-corrected chi connectivity index (χ2v) is 18.6. The monoisotopic (exact) mass is 881 g/mol. The molecule has 4 unspecified atom stereocenters. The lowest BCUT2D eigenvalue weighted by Gasteiger charge is -2.24. The van der Waals surface area contributed by atoms with Gasteiger partial charge in [-0.15, -0.1) is 0 Å². The van der Waals surface area contributed by atoms with Crippen molar-refractivity contribution in [1.82, 2.24) is 5.32 Å². The molecule has 10 heteroatoms. The second kappa shape index (κ2) is 46.4. The van der Waals surface area contributed by atoms with Gasteiger partial charge < -0.3 is 26.2 Å². The predicted molar refractivity (Wildman–Crippen MR) is 260 cm³/mol. The summed E-state index contributed by atoms with van der Waals surface area (Å²) in [6.07, 6.45) is 54.9. The molecule has 1 amide bonds. The van der Waals surface area contributed by atoms with Crippen molar-refractivity contribution in [2.24, 2.45) is 5.73 Å². The summed E-state index contributed by atoms with van der Waals surface area (Å²) in [5, 5.41) is 24.1. The van der Waals surface area contributed by atoms with Gasteiger partial charge in [-0.25, -0.2) is 4.57 Å². The van der Waals surface area contributed by atoms with Crippen molar-refractivity contribution in [3.05, 3.63) is 48.6 Å². The van der Waals surface area contributed by atoms with Gasteiger partial charge in [0.1, 0.15) is 0 Å². The van der Waals surface area contributed by atoms with Crippen LogP contribution in [0.4, 0.5) is 0 Å². The lowest BCUT2D eigenvalue weighted by molar-refractivity contribution is -0.124. The third-order valence-corrected chi connectivity index (χ3v) is 12.1. The SMILES string of the molecule is CCCCCCCCCC/C=C/CC/C=C/CC/C=C/C(O)C(COP(=O)(O)OCCN)NC(=O)CC(O)CCCCCCC/C=C\CCCCCCCCCCCCCC. The molecule has 0 aliphatic heterocycles. The van der Waals surface area contributed by atoms with Crippen LogP contribution in [-0.2, 0) is 18.4 Å². The summed E-state index contributed by atoms with van der Waals surface area (Å²) in [7, 11) is -4.42. The molecule has 358 valence electrons. The number of nitrogens with two attached hydrogens (primary N) is 1. The third kappa shape index (κ3) is 44.8. The average molecular weight is 881 g/mol. The molecule has 0 radical (unpaired) electrons. The lowest BCUT2D eigenvalue weighted by atomic mass is 10.0. The first-order valence-corrected chi connectivity index (χ1v) is 26.8. The van der Waals surface area contributed by atoms with Crippen LogP contribution in [0.1, 0.15) is 232 Å². The number of nitrogens with one attached hydrogen (secondary N) is 1. The largest absolute Gasteiger partial charge is 0.472 e. The van der Waals surface area contributed by atoms with E-state index in [2.05, 4.69) is 55.6 Å². The lowest BCUT2D eigenvalue weighted by Crippen LogP contribution is -2.46. The predicted octanol–water partition coefficient (Wildman–Crippen LogP) is 13.8. The number of aliphatic hydroxyl groups excluding tert-OH is 2. The number of hydrogen-bond donors (Lipinski definition) is 5. The van der Waals surface area contributed by atoms with Crippen LogP contribution in [0.15, 0.2) is 48.6 Å². The minimum atomic E-state index is -4.42. The van der Waals surface area contributed by atoms with Gasteiger partial charge in [0, 0.05) is 6.54 Å². The standard InChI is InChI=1S/C51H97N2O7P/c1-3-5-7-9-11-13-15-17-19-21-23-24-25-26-28-30-32-34-36-38-40-42-48(54)46-51(56)53-49(47-60-61(57,58)59-45-44-52)50(55)43-41-39-37-35-33-31-29-27-22-20-18-16-14-12-10-8-6-4-2/h22,26-28,33,35,41,43,48-50,54-55H,3-21,23-25,29-32,34,36-40,42,44-47,52H2,1-2H3,(H,53,56)(H,57,58)/b27-22+,28-26-,35-33+,43-41+. The van der Waals surface area contributed by atoms with E-state index >= 15 is 0 Å². The van der Waals surface area contributed by atoms with E-state index in [9.17, 15) is 24.5 Å². The summed E-state index contributed by atoms with van der Waals surface area (Å²) in [5.41, 5.74) is 5.37. The fourth-order valence-electron chi connectivity index (χ4n) is 7.32. The van der Waals surface area contributed by atoms with Gasteiger partial charge in [-0.2, -0.15) is 0 Å². The number of unbranched alkanes of at least 4 members (excludes halogenated alkanes) is 27. The number of allylic oxidation sites excluding steroid dienone is 7. The number of phosphoric ester groups is 1. The van der Waals surface area contributed by atoms with Crippen molar-refractivity contribution in [3.8, 4) is 0 Å². The summed E-state index contributed by atoms with van der Waals surface area (Å²) in [6, 6.07) is -1.01. The van der Waals surface area contributed by atoms with Crippen molar-refractivity contribution >= 4 is 13.7 Å². The molecule has 0 aromatic rings. The Balaban J connectivity index is 4.27. The summed E-state index contributed by atoms with van der Waals surface area (Å²) in [4.78, 5) is 22.8. The molecule has 0 aromatic carbocycles. The van der Waals surface area contributed by atoms with Gasteiger partial charge in [-0.1, -0.05) is 204 Å². The first kappa shape index (κ1) is 59.4. The van der Waals surface area contributed by atoms with Crippen molar-refractivity contribution in [1.29, 1.82) is 0 Å². The minimum Gasteiger partial charge on any atom is -0.393 e. The van der Waals surface area contributed by atoms with E-state index < -0.39 is 38.6 Å². The molecule has 0 rings (SSSR count). The van der Waals surface area contributed by atoms with Crippen molar-refractivity contribution in [3.63, 3.8) is 0 Å². The molecule has 9 nitrogen and oxygen atoms in total. The number of phosphoric acid groups is 1. The van der Waals surface area contributed by atoms with Gasteiger partial charge in [0.15, 0.2) is 0 Å². The summed E-state index contributed by atoms with van der Waals surface area (Å²) < 4.78 is 22.1. The maximum atomic E-state index is 12.9. The zero-order valence-electron chi connectivity index (χ0n) is 39.5. The van der Waals surface area contributed by atoms with Crippen LogP contribution in [0.2, 0.25) is 0 Å². The molecule has 0 saturated heterocycles. The Morgan fingerprint density at radius 1 is 0.557 bits per heavy atom. The molecule has 0 spiro atoms. The number of carbonyl (C=O) groups is 1. The second-order valence-electron chi connectivity index (χ2n) is 17.2. The van der Waals surface area contributed by atoms with Crippen LogP contribution in [0.3, 0.4) is 0 Å². The van der Waals surface area contributed by atoms with E-state index in [0.29, 0.717) is 12.8 Å². The van der Waals surface area contributed by atoms with Crippen molar-refractivity contribution in [2.75, 3.05) is 19.8 Å². The van der Waals surface area contributed by atoms with Crippen LogP contribution in [-0.4, -0.2) is 59.0 Å². The van der Waals surface area contributed by atoms with Gasteiger partial charge in [-0.05, 0) is 70.6 Å². The van der Waals surface area contributed by atoms with E-state index in [4.69, 9.17) is 14.8 Å². The first-order valence-electron chi connectivity index (χ1n) is 25.3. The van der Waals surface area contributed by atoms with Crippen LogP contribution in [0.25, 0.3) is 0 Å². The van der Waals surface area contributed by atoms with Gasteiger partial charge in [-0.3, -0.25) is 13.8 Å². The molecule has 0 fully saturated rings. The number of carbonyl (C=O) groups excluding carboxylic acids is 1. The molecule has 0 saturated carbocycles. The van der Waals surface area contributed by atoms with Crippen LogP contribution >= 0.6 is 7.82 Å². The van der Waals surface area contributed by atoms with E-state index in [1.165, 1.54) is 141 Å². The quantitative estimate of drug-likeness (QED) is 0.0230. The molecular weight excluding hydrogens is 784 g/mol.